The molecule has 2 heterocycles. The van der Waals surface area contributed by atoms with Crippen LogP contribution < -0.4 is 9.80 Å². The zero-order valence-electron chi connectivity index (χ0n) is 18.4. The van der Waals surface area contributed by atoms with Gasteiger partial charge in [0.1, 0.15) is 11.4 Å². The Balaban J connectivity index is 1.78. The quantitative estimate of drug-likeness (QED) is 0.451. The summed E-state index contributed by atoms with van der Waals surface area (Å²) >= 11 is 0. The third-order valence-electron chi connectivity index (χ3n) is 6.06. The van der Waals surface area contributed by atoms with Crippen molar-refractivity contribution < 1.29 is 23.8 Å². The predicted molar refractivity (Wildman–Crippen MR) is 125 cm³/mol. The van der Waals surface area contributed by atoms with Gasteiger partial charge in [-0.05, 0) is 67.6 Å². The van der Waals surface area contributed by atoms with Crippen LogP contribution in [-0.4, -0.2) is 46.4 Å². The number of carbonyl (C=O) groups excluding carboxylic acids is 1. The second kappa shape index (κ2) is 7.96. The Bertz CT molecular complexity index is 1400. The zero-order chi connectivity index (χ0) is 24.0. The maximum absolute atomic E-state index is 14.1. The molecule has 8 nitrogen and oxygen atoms in total. The van der Waals surface area contributed by atoms with Crippen molar-refractivity contribution in [2.24, 2.45) is 0 Å². The van der Waals surface area contributed by atoms with Crippen LogP contribution in [0.3, 0.4) is 0 Å². The first kappa shape index (κ1) is 21.6. The summed E-state index contributed by atoms with van der Waals surface area (Å²) in [6.07, 6.45) is 1.69. The van der Waals surface area contributed by atoms with Gasteiger partial charge in [-0.1, -0.05) is 0 Å². The number of hydrogen-bond donors (Lipinski definition) is 2. The molecule has 0 saturated carbocycles. The summed E-state index contributed by atoms with van der Waals surface area (Å²) in [5.74, 6) is -1.72. The largest absolute Gasteiger partial charge is 0.478 e. The van der Waals surface area contributed by atoms with E-state index in [0.29, 0.717) is 22.7 Å². The van der Waals surface area contributed by atoms with Crippen molar-refractivity contribution in [2.45, 2.75) is 12.5 Å². The number of fused-ring (bicyclic) bond motifs is 2. The number of methoxy groups -OCH3 is 1. The standard InChI is InChI=1S/C25H21FN4O4/c1-25(14-34-2)24(33)29(18-7-3-15(4-8-18)23(31)32)21-12-20-16(13-27-28-20)11-22(21)30(25)19-9-5-17(26)6-10-19/h3-13H,14H2,1-2H3,(H,27,28)(H,31,32)/t25-/m0/s1. The summed E-state index contributed by atoms with van der Waals surface area (Å²) in [7, 11) is 1.52. The minimum absolute atomic E-state index is 0.0514. The number of carbonyl (C=O) groups is 2. The SMILES string of the molecule is COC[C@@]1(C)C(=O)N(c2ccc(C(=O)O)cc2)c2cc3[nH]ncc3cc2N1c1ccc(F)cc1. The first-order valence-corrected chi connectivity index (χ1v) is 10.5. The van der Waals surface area contributed by atoms with Gasteiger partial charge in [0.2, 0.25) is 0 Å². The van der Waals surface area contributed by atoms with Gasteiger partial charge >= 0.3 is 5.97 Å². The number of halogens is 1. The summed E-state index contributed by atoms with van der Waals surface area (Å²) in [6, 6.07) is 15.8. The topological polar surface area (TPSA) is 98.8 Å². The van der Waals surface area contributed by atoms with Crippen LogP contribution in [0, 0.1) is 5.82 Å². The van der Waals surface area contributed by atoms with Crippen LogP contribution in [0.5, 0.6) is 0 Å². The second-order valence-corrected chi connectivity index (χ2v) is 8.31. The summed E-state index contributed by atoms with van der Waals surface area (Å²) in [6.45, 7) is 1.82. The molecule has 1 atom stereocenters. The van der Waals surface area contributed by atoms with Crippen molar-refractivity contribution in [2.75, 3.05) is 23.5 Å². The Morgan fingerprint density at radius 3 is 2.41 bits per heavy atom. The first-order valence-electron chi connectivity index (χ1n) is 10.5. The summed E-state index contributed by atoms with van der Waals surface area (Å²) in [5, 5.41) is 17.2. The Morgan fingerprint density at radius 1 is 1.09 bits per heavy atom. The Labute approximate surface area is 194 Å². The van der Waals surface area contributed by atoms with Crippen LogP contribution >= 0.6 is 0 Å². The van der Waals surface area contributed by atoms with E-state index in [0.717, 1.165) is 10.9 Å². The maximum atomic E-state index is 14.1. The number of rotatable bonds is 5. The third kappa shape index (κ3) is 3.29. The number of anilines is 4. The molecule has 0 unspecified atom stereocenters. The van der Waals surface area contributed by atoms with E-state index in [1.54, 1.807) is 42.3 Å². The van der Waals surface area contributed by atoms with Crippen molar-refractivity contribution in [3.63, 3.8) is 0 Å². The van der Waals surface area contributed by atoms with E-state index in [1.807, 2.05) is 17.0 Å². The molecule has 1 aromatic heterocycles. The van der Waals surface area contributed by atoms with Gasteiger partial charge in [0, 0.05) is 23.9 Å². The number of aromatic amines is 1. The van der Waals surface area contributed by atoms with E-state index in [1.165, 1.54) is 31.4 Å². The van der Waals surface area contributed by atoms with Gasteiger partial charge in [-0.2, -0.15) is 5.10 Å². The molecule has 1 amide bonds. The molecule has 0 aliphatic carbocycles. The lowest BCUT2D eigenvalue weighted by Crippen LogP contribution is -2.61. The van der Waals surface area contributed by atoms with Gasteiger partial charge < -0.3 is 14.7 Å². The lowest BCUT2D eigenvalue weighted by atomic mass is 9.91. The summed E-state index contributed by atoms with van der Waals surface area (Å²) in [5.41, 5.74) is 2.06. The average Bonchev–Trinajstić information content (AvgIpc) is 3.28. The molecule has 0 radical (unpaired) electrons. The Hall–Kier alpha value is -4.24. The molecule has 0 saturated heterocycles. The van der Waals surface area contributed by atoms with Crippen molar-refractivity contribution in [1.29, 1.82) is 0 Å². The first-order chi connectivity index (χ1) is 16.3. The minimum atomic E-state index is -1.19. The summed E-state index contributed by atoms with van der Waals surface area (Å²) in [4.78, 5) is 28.9. The summed E-state index contributed by atoms with van der Waals surface area (Å²) < 4.78 is 19.2. The van der Waals surface area contributed by atoms with Crippen LogP contribution in [0.25, 0.3) is 10.9 Å². The number of carboxylic acid groups (broad SMARTS) is 1. The molecular formula is C25H21FN4O4. The molecule has 2 N–H and O–H groups in total. The fourth-order valence-corrected chi connectivity index (χ4v) is 4.47. The van der Waals surface area contributed by atoms with E-state index < -0.39 is 11.5 Å². The van der Waals surface area contributed by atoms with E-state index in [-0.39, 0.29) is 23.9 Å². The third-order valence-corrected chi connectivity index (χ3v) is 6.06. The molecule has 0 bridgehead atoms. The van der Waals surface area contributed by atoms with E-state index in [4.69, 9.17) is 4.74 Å². The molecule has 34 heavy (non-hydrogen) atoms. The number of carboxylic acids is 1. The molecule has 0 fully saturated rings. The smallest absolute Gasteiger partial charge is 0.335 e. The lowest BCUT2D eigenvalue weighted by Gasteiger charge is -2.49. The fourth-order valence-electron chi connectivity index (χ4n) is 4.47. The number of aromatic carboxylic acids is 1. The molecule has 1 aliphatic rings. The molecule has 3 aromatic carbocycles. The zero-order valence-corrected chi connectivity index (χ0v) is 18.4. The van der Waals surface area contributed by atoms with Gasteiger partial charge in [0.15, 0.2) is 0 Å². The van der Waals surface area contributed by atoms with Gasteiger partial charge in [-0.25, -0.2) is 9.18 Å². The fraction of sp³-hybridized carbons (Fsp3) is 0.160. The van der Waals surface area contributed by atoms with Crippen molar-refractivity contribution in [3.05, 3.63) is 78.2 Å². The lowest BCUT2D eigenvalue weighted by molar-refractivity contribution is -0.124. The van der Waals surface area contributed by atoms with Crippen LogP contribution in [0.4, 0.5) is 27.1 Å². The minimum Gasteiger partial charge on any atom is -0.478 e. The molecule has 1 aliphatic heterocycles. The van der Waals surface area contributed by atoms with Gasteiger partial charge in [-0.3, -0.25) is 14.8 Å². The molecule has 9 heteroatoms. The van der Waals surface area contributed by atoms with E-state index in [9.17, 15) is 19.1 Å². The van der Waals surface area contributed by atoms with Crippen LogP contribution in [0.1, 0.15) is 17.3 Å². The van der Waals surface area contributed by atoms with Gasteiger partial charge in [0.05, 0.1) is 35.3 Å². The highest BCUT2D eigenvalue weighted by molar-refractivity contribution is 6.16. The number of aromatic nitrogens is 2. The predicted octanol–water partition coefficient (Wildman–Crippen LogP) is 4.62. The number of H-pyrrole nitrogens is 1. The van der Waals surface area contributed by atoms with Crippen molar-refractivity contribution in [3.8, 4) is 0 Å². The molecule has 172 valence electrons. The van der Waals surface area contributed by atoms with Crippen molar-refractivity contribution >= 4 is 45.5 Å². The Kier molecular flexibility index (Phi) is 5.06. The maximum Gasteiger partial charge on any atom is 0.335 e. The highest BCUT2D eigenvalue weighted by Gasteiger charge is 2.49. The number of ether oxygens (including phenoxy) is 1. The average molecular weight is 460 g/mol. The molecule has 0 spiro atoms. The molecular weight excluding hydrogens is 439 g/mol. The van der Waals surface area contributed by atoms with Gasteiger partial charge in [0.25, 0.3) is 5.91 Å². The van der Waals surface area contributed by atoms with Crippen LogP contribution in [0.2, 0.25) is 0 Å². The number of nitrogens with one attached hydrogen (secondary N) is 1. The number of nitrogens with zero attached hydrogens (tertiary/aromatic N) is 3. The van der Waals surface area contributed by atoms with Crippen molar-refractivity contribution in [1.82, 2.24) is 10.2 Å². The molecule has 5 rings (SSSR count). The Morgan fingerprint density at radius 2 is 1.76 bits per heavy atom. The highest BCUT2D eigenvalue weighted by atomic mass is 19.1. The van der Waals surface area contributed by atoms with Gasteiger partial charge in [-0.15, -0.1) is 0 Å². The number of hydrogen-bond acceptors (Lipinski definition) is 5. The van der Waals surface area contributed by atoms with E-state index in [2.05, 4.69) is 10.2 Å². The second-order valence-electron chi connectivity index (χ2n) is 8.31. The normalized spacial score (nSPS) is 17.8. The highest BCUT2D eigenvalue weighted by Crippen LogP contribution is 2.49. The van der Waals surface area contributed by atoms with Crippen LogP contribution in [0.15, 0.2) is 66.9 Å². The number of amides is 1. The van der Waals surface area contributed by atoms with Crippen LogP contribution in [-0.2, 0) is 9.53 Å². The monoisotopic (exact) mass is 460 g/mol. The molecule has 4 aromatic rings. The number of benzene rings is 3. The van der Waals surface area contributed by atoms with E-state index >= 15 is 0 Å².